The van der Waals surface area contributed by atoms with Gasteiger partial charge in [-0.15, -0.1) is 0 Å². The molecule has 2 atom stereocenters. The number of rotatable bonds is 25. The SMILES string of the molecule is [CH2]C(COC(=O)CCC(OCCCCCCCC)OCCCCCCCC)COC(=O)NC1CCN(CC)C1. The van der Waals surface area contributed by atoms with Crippen molar-refractivity contribution in [2.24, 2.45) is 5.92 Å². The summed E-state index contributed by atoms with van der Waals surface area (Å²) in [6.45, 7) is 14.9. The summed E-state index contributed by atoms with van der Waals surface area (Å²) < 4.78 is 22.6. The number of hydrogen-bond acceptors (Lipinski definition) is 7. The summed E-state index contributed by atoms with van der Waals surface area (Å²) in [5.41, 5.74) is 0. The Bertz CT molecular complexity index is 588. The Balaban J connectivity index is 2.24. The number of esters is 1. The molecule has 8 heteroatoms. The predicted molar refractivity (Wildman–Crippen MR) is 156 cm³/mol. The summed E-state index contributed by atoms with van der Waals surface area (Å²) in [7, 11) is 0. The van der Waals surface area contributed by atoms with Crippen LogP contribution < -0.4 is 5.32 Å². The first-order valence-corrected chi connectivity index (χ1v) is 15.9. The third kappa shape index (κ3) is 20.2. The average Bonchev–Trinajstić information content (AvgIpc) is 3.39. The number of alkyl carbamates (subject to hydrolysis) is 1. The average molecular weight is 556 g/mol. The molecule has 1 saturated heterocycles. The van der Waals surface area contributed by atoms with Crippen molar-refractivity contribution in [1.82, 2.24) is 10.2 Å². The smallest absolute Gasteiger partial charge is 0.407 e. The zero-order valence-corrected chi connectivity index (χ0v) is 25.4. The largest absolute Gasteiger partial charge is 0.465 e. The number of carbonyl (C=O) groups excluding carboxylic acids is 2. The van der Waals surface area contributed by atoms with Gasteiger partial charge in [0.2, 0.25) is 0 Å². The van der Waals surface area contributed by atoms with Gasteiger partial charge in [-0.2, -0.15) is 0 Å². The van der Waals surface area contributed by atoms with E-state index in [1.54, 1.807) is 0 Å². The molecule has 1 radical (unpaired) electrons. The van der Waals surface area contributed by atoms with E-state index in [4.69, 9.17) is 18.9 Å². The maximum atomic E-state index is 12.3. The van der Waals surface area contributed by atoms with Crippen LogP contribution in [0.25, 0.3) is 0 Å². The molecule has 1 amide bonds. The number of likely N-dealkylation sites (tertiary alicyclic amines) is 1. The molecule has 229 valence electrons. The summed E-state index contributed by atoms with van der Waals surface area (Å²) in [6.07, 6.45) is 15.3. The van der Waals surface area contributed by atoms with Crippen LogP contribution >= 0.6 is 0 Å². The van der Waals surface area contributed by atoms with Gasteiger partial charge < -0.3 is 29.2 Å². The maximum Gasteiger partial charge on any atom is 0.407 e. The normalized spacial score (nSPS) is 16.5. The Morgan fingerprint density at radius 1 is 0.846 bits per heavy atom. The first-order valence-electron chi connectivity index (χ1n) is 15.9. The summed E-state index contributed by atoms with van der Waals surface area (Å²) in [4.78, 5) is 26.7. The number of likely N-dealkylation sites (N-methyl/N-ethyl adjacent to an activating group) is 1. The fraction of sp³-hybridized carbons (Fsp3) is 0.903. The van der Waals surface area contributed by atoms with Crippen LogP contribution in [-0.2, 0) is 23.7 Å². The lowest BCUT2D eigenvalue weighted by Crippen LogP contribution is -2.38. The van der Waals surface area contributed by atoms with Crippen molar-refractivity contribution in [3.05, 3.63) is 6.92 Å². The Morgan fingerprint density at radius 3 is 1.97 bits per heavy atom. The highest BCUT2D eigenvalue weighted by Crippen LogP contribution is 2.12. The van der Waals surface area contributed by atoms with Crippen LogP contribution in [0.5, 0.6) is 0 Å². The van der Waals surface area contributed by atoms with Crippen LogP contribution in [0.1, 0.15) is 117 Å². The fourth-order valence-electron chi connectivity index (χ4n) is 4.62. The van der Waals surface area contributed by atoms with E-state index in [1.807, 2.05) is 0 Å². The molecule has 2 unspecified atom stereocenters. The van der Waals surface area contributed by atoms with Gasteiger partial charge in [-0.1, -0.05) is 85.0 Å². The molecule has 1 aliphatic rings. The van der Waals surface area contributed by atoms with Crippen LogP contribution in [0.4, 0.5) is 4.79 Å². The number of carbonyl (C=O) groups is 2. The van der Waals surface area contributed by atoms with Gasteiger partial charge >= 0.3 is 12.1 Å². The van der Waals surface area contributed by atoms with Crippen molar-refractivity contribution in [2.75, 3.05) is 46.1 Å². The molecule has 0 bridgehead atoms. The van der Waals surface area contributed by atoms with E-state index in [0.29, 0.717) is 19.6 Å². The monoisotopic (exact) mass is 555 g/mol. The van der Waals surface area contributed by atoms with Crippen molar-refractivity contribution >= 4 is 12.1 Å². The summed E-state index contributed by atoms with van der Waals surface area (Å²) in [5.74, 6) is -0.630. The van der Waals surface area contributed by atoms with Crippen LogP contribution in [0.15, 0.2) is 0 Å². The number of nitrogens with one attached hydrogen (secondary N) is 1. The molecule has 1 heterocycles. The molecule has 8 nitrogen and oxygen atoms in total. The van der Waals surface area contributed by atoms with E-state index < -0.39 is 6.09 Å². The summed E-state index contributed by atoms with van der Waals surface area (Å²) >= 11 is 0. The van der Waals surface area contributed by atoms with Crippen molar-refractivity contribution in [3.63, 3.8) is 0 Å². The fourth-order valence-corrected chi connectivity index (χ4v) is 4.62. The molecule has 0 aromatic heterocycles. The highest BCUT2D eigenvalue weighted by atomic mass is 16.7. The molecule has 0 saturated carbocycles. The van der Waals surface area contributed by atoms with Gasteiger partial charge in [-0.3, -0.25) is 4.79 Å². The van der Waals surface area contributed by atoms with Crippen LogP contribution in [0, 0.1) is 12.8 Å². The Morgan fingerprint density at radius 2 is 1.41 bits per heavy atom. The molecule has 1 fully saturated rings. The van der Waals surface area contributed by atoms with E-state index in [9.17, 15) is 9.59 Å². The van der Waals surface area contributed by atoms with Crippen molar-refractivity contribution in [3.8, 4) is 0 Å². The second-order valence-corrected chi connectivity index (χ2v) is 10.9. The topological polar surface area (TPSA) is 86.3 Å². The molecule has 0 spiro atoms. The standard InChI is InChI=1S/C31H59N2O6/c1-5-8-10-12-14-16-22-36-30(37-23-17-15-13-11-9-6-2)19-18-29(34)38-25-27(4)26-39-31(35)32-28-20-21-33(7-3)24-28/h27-28,30H,4-26H2,1-3H3,(H,32,35). The Kier molecular flexibility index (Phi) is 22.3. The second kappa shape index (κ2) is 24.4. The number of ether oxygens (including phenoxy) is 4. The van der Waals surface area contributed by atoms with E-state index in [0.717, 1.165) is 51.7 Å². The summed E-state index contributed by atoms with van der Waals surface area (Å²) in [5, 5.41) is 2.90. The third-order valence-electron chi connectivity index (χ3n) is 7.16. The highest BCUT2D eigenvalue weighted by Gasteiger charge is 2.23. The Hall–Kier alpha value is -1.38. The predicted octanol–water partition coefficient (Wildman–Crippen LogP) is 6.66. The molecule has 0 aromatic rings. The van der Waals surface area contributed by atoms with Gasteiger partial charge in [0.1, 0.15) is 0 Å². The lowest BCUT2D eigenvalue weighted by atomic mass is 10.1. The highest BCUT2D eigenvalue weighted by molar-refractivity contribution is 5.69. The molecule has 1 aliphatic heterocycles. The number of nitrogens with zero attached hydrogens (tertiary/aromatic N) is 1. The molecular formula is C31H59N2O6. The maximum absolute atomic E-state index is 12.3. The van der Waals surface area contributed by atoms with Gasteiger partial charge in [0.25, 0.3) is 0 Å². The summed E-state index contributed by atoms with van der Waals surface area (Å²) in [6, 6.07) is 0.123. The lowest BCUT2D eigenvalue weighted by Gasteiger charge is -2.19. The molecule has 1 N–H and O–H groups in total. The van der Waals surface area contributed by atoms with E-state index in [2.05, 4.69) is 37.9 Å². The number of hydrogen-bond donors (Lipinski definition) is 1. The van der Waals surface area contributed by atoms with Crippen molar-refractivity contribution in [2.45, 2.75) is 129 Å². The first-order chi connectivity index (χ1) is 19.0. The molecule has 1 rings (SSSR count). The van der Waals surface area contributed by atoms with Gasteiger partial charge in [0.05, 0.1) is 19.6 Å². The molecule has 0 aliphatic carbocycles. The van der Waals surface area contributed by atoms with Gasteiger partial charge in [-0.25, -0.2) is 4.79 Å². The van der Waals surface area contributed by atoms with Crippen LogP contribution in [0.3, 0.4) is 0 Å². The minimum Gasteiger partial charge on any atom is -0.465 e. The van der Waals surface area contributed by atoms with Crippen molar-refractivity contribution < 1.29 is 28.5 Å². The third-order valence-corrected chi connectivity index (χ3v) is 7.16. The zero-order chi connectivity index (χ0) is 28.6. The van der Waals surface area contributed by atoms with E-state index in [1.165, 1.54) is 51.4 Å². The van der Waals surface area contributed by atoms with Gasteiger partial charge in [-0.05, 0) is 32.7 Å². The van der Waals surface area contributed by atoms with Crippen LogP contribution in [-0.4, -0.2) is 75.4 Å². The Labute approximate surface area is 239 Å². The van der Waals surface area contributed by atoms with Gasteiger partial charge in [0.15, 0.2) is 6.29 Å². The number of unbranched alkanes of at least 4 members (excludes halogenated alkanes) is 10. The van der Waals surface area contributed by atoms with E-state index >= 15 is 0 Å². The van der Waals surface area contributed by atoms with Gasteiger partial charge in [0, 0.05) is 44.7 Å². The zero-order valence-electron chi connectivity index (χ0n) is 25.4. The van der Waals surface area contributed by atoms with Crippen molar-refractivity contribution in [1.29, 1.82) is 0 Å². The minimum absolute atomic E-state index is 0.106. The molecule has 0 aromatic carbocycles. The van der Waals surface area contributed by atoms with Crippen LogP contribution in [0.2, 0.25) is 0 Å². The molecular weight excluding hydrogens is 496 g/mol. The minimum atomic E-state index is -0.439. The quantitative estimate of drug-likeness (QED) is 0.0766. The number of amides is 1. The lowest BCUT2D eigenvalue weighted by molar-refractivity contribution is -0.160. The molecule has 39 heavy (non-hydrogen) atoms. The second-order valence-electron chi connectivity index (χ2n) is 10.9. The van der Waals surface area contributed by atoms with E-state index in [-0.39, 0.29) is 43.9 Å². The first kappa shape index (κ1) is 35.6.